The molecule has 1 aliphatic carbocycles. The smallest absolute Gasteiger partial charge is 0.169 e. The first-order valence-corrected chi connectivity index (χ1v) is 6.07. The number of isothiocyanates is 1. The minimum Gasteiger partial charge on any atom is -0.347 e. The molecule has 2 aliphatic rings. The molecular weight excluding hydrogens is 224 g/mol. The molecule has 1 aliphatic heterocycles. The summed E-state index contributed by atoms with van der Waals surface area (Å²) in [6.45, 7) is 0.521. The molecule has 4 nitrogen and oxygen atoms in total. The molecule has 1 heterocycles. The fourth-order valence-electron chi connectivity index (χ4n) is 2.35. The van der Waals surface area contributed by atoms with Crippen molar-refractivity contribution >= 4 is 23.2 Å². The van der Waals surface area contributed by atoms with E-state index in [4.69, 9.17) is 9.47 Å². The van der Waals surface area contributed by atoms with E-state index in [9.17, 15) is 0 Å². The van der Waals surface area contributed by atoms with Gasteiger partial charge in [-0.3, -0.25) is 4.99 Å². The molecule has 0 aromatic carbocycles. The standard InChI is InChI=1S/C11H16N2O2S/c1-12-10(13-8-16)9-7-14-11(15-9)5-3-2-4-6-11/h9H,2-7H2,1H3/b12-10-. The van der Waals surface area contributed by atoms with Crippen molar-refractivity contribution in [1.29, 1.82) is 0 Å². The van der Waals surface area contributed by atoms with Gasteiger partial charge in [0.05, 0.1) is 11.8 Å². The van der Waals surface area contributed by atoms with Gasteiger partial charge in [-0.15, -0.1) is 0 Å². The van der Waals surface area contributed by atoms with Crippen LogP contribution in [0.25, 0.3) is 0 Å². The van der Waals surface area contributed by atoms with Crippen molar-refractivity contribution < 1.29 is 9.47 Å². The number of hydrogen-bond acceptors (Lipinski definition) is 4. The highest BCUT2D eigenvalue weighted by Gasteiger charge is 2.43. The van der Waals surface area contributed by atoms with E-state index < -0.39 is 0 Å². The van der Waals surface area contributed by atoms with Crippen LogP contribution in [-0.2, 0) is 9.47 Å². The largest absolute Gasteiger partial charge is 0.347 e. The highest BCUT2D eigenvalue weighted by molar-refractivity contribution is 7.78. The summed E-state index contributed by atoms with van der Waals surface area (Å²) in [6.07, 6.45) is 5.37. The van der Waals surface area contributed by atoms with Crippen LogP contribution < -0.4 is 0 Å². The zero-order valence-electron chi connectivity index (χ0n) is 9.44. The summed E-state index contributed by atoms with van der Waals surface area (Å²) in [4.78, 5) is 7.97. The average molecular weight is 240 g/mol. The second-order valence-corrected chi connectivity index (χ2v) is 4.36. The zero-order valence-corrected chi connectivity index (χ0v) is 10.3. The van der Waals surface area contributed by atoms with Crippen LogP contribution >= 0.6 is 12.2 Å². The SMILES string of the molecule is C/N=C(\N=C=S)C1COC2(CCCCC2)O1. The molecule has 1 unspecified atom stereocenters. The molecule has 5 heteroatoms. The third-order valence-electron chi connectivity index (χ3n) is 3.15. The lowest BCUT2D eigenvalue weighted by atomic mass is 9.94. The molecule has 0 aromatic heterocycles. The van der Waals surface area contributed by atoms with Crippen LogP contribution in [-0.4, -0.2) is 36.5 Å². The van der Waals surface area contributed by atoms with E-state index in [1.54, 1.807) is 7.05 Å². The Kier molecular flexibility index (Phi) is 3.82. The molecule has 0 aromatic rings. The molecule has 1 saturated carbocycles. The molecule has 1 saturated heterocycles. The van der Waals surface area contributed by atoms with Crippen molar-refractivity contribution in [3.8, 4) is 0 Å². The highest BCUT2D eigenvalue weighted by atomic mass is 32.1. The van der Waals surface area contributed by atoms with Gasteiger partial charge in [0.2, 0.25) is 0 Å². The first-order valence-electron chi connectivity index (χ1n) is 5.66. The second-order valence-electron chi connectivity index (χ2n) is 4.17. The highest BCUT2D eigenvalue weighted by Crippen LogP contribution is 2.38. The Morgan fingerprint density at radius 2 is 2.12 bits per heavy atom. The summed E-state index contributed by atoms with van der Waals surface area (Å²) >= 11 is 4.58. The van der Waals surface area contributed by atoms with Gasteiger partial charge in [0.15, 0.2) is 11.6 Å². The quantitative estimate of drug-likeness (QED) is 0.401. The Hall–Kier alpha value is -0.610. The lowest BCUT2D eigenvalue weighted by Gasteiger charge is -2.31. The Labute approximate surface area is 101 Å². The van der Waals surface area contributed by atoms with Crippen LogP contribution in [0.3, 0.4) is 0 Å². The van der Waals surface area contributed by atoms with Crippen LogP contribution in [0.15, 0.2) is 9.98 Å². The maximum Gasteiger partial charge on any atom is 0.169 e. The molecule has 0 amide bonds. The maximum absolute atomic E-state index is 5.96. The van der Waals surface area contributed by atoms with Crippen LogP contribution in [0.2, 0.25) is 0 Å². The van der Waals surface area contributed by atoms with Gasteiger partial charge in [0.1, 0.15) is 6.10 Å². The third-order valence-corrected chi connectivity index (χ3v) is 3.24. The maximum atomic E-state index is 5.96. The minimum absolute atomic E-state index is 0.182. The minimum atomic E-state index is -0.379. The summed E-state index contributed by atoms with van der Waals surface area (Å²) in [5.41, 5.74) is 0. The molecule has 0 N–H and O–H groups in total. The van der Waals surface area contributed by atoms with E-state index in [1.807, 2.05) is 0 Å². The van der Waals surface area contributed by atoms with Gasteiger partial charge in [-0.05, 0) is 25.1 Å². The summed E-state index contributed by atoms with van der Waals surface area (Å²) in [6, 6.07) is 0. The van der Waals surface area contributed by atoms with Crippen LogP contribution in [0.4, 0.5) is 0 Å². The van der Waals surface area contributed by atoms with E-state index in [-0.39, 0.29) is 11.9 Å². The van der Waals surface area contributed by atoms with E-state index in [1.165, 1.54) is 19.3 Å². The third kappa shape index (κ3) is 2.38. The lowest BCUT2D eigenvalue weighted by Crippen LogP contribution is -2.34. The Balaban J connectivity index is 2.04. The van der Waals surface area contributed by atoms with Gasteiger partial charge < -0.3 is 9.47 Å². The van der Waals surface area contributed by atoms with Gasteiger partial charge in [0.25, 0.3) is 0 Å². The molecule has 1 atom stereocenters. The Bertz CT molecular complexity index is 331. The average Bonchev–Trinajstić information content (AvgIpc) is 2.71. The fraction of sp³-hybridized carbons (Fsp3) is 0.818. The van der Waals surface area contributed by atoms with Crippen molar-refractivity contribution in [3.63, 3.8) is 0 Å². The van der Waals surface area contributed by atoms with E-state index in [0.717, 1.165) is 12.8 Å². The number of aliphatic imine (C=N–C) groups is 2. The summed E-state index contributed by atoms with van der Waals surface area (Å²) in [5.74, 6) is 0.202. The molecule has 2 fully saturated rings. The van der Waals surface area contributed by atoms with Crippen molar-refractivity contribution in [2.24, 2.45) is 9.98 Å². The first kappa shape index (κ1) is 11.9. The van der Waals surface area contributed by atoms with E-state index >= 15 is 0 Å². The topological polar surface area (TPSA) is 43.2 Å². The van der Waals surface area contributed by atoms with Crippen molar-refractivity contribution in [1.82, 2.24) is 0 Å². The van der Waals surface area contributed by atoms with Gasteiger partial charge in [-0.25, -0.2) is 0 Å². The van der Waals surface area contributed by atoms with Crippen molar-refractivity contribution in [2.45, 2.75) is 44.0 Å². The molecular formula is C11H16N2O2S. The molecule has 16 heavy (non-hydrogen) atoms. The Morgan fingerprint density at radius 1 is 1.38 bits per heavy atom. The van der Waals surface area contributed by atoms with Gasteiger partial charge in [-0.1, -0.05) is 6.42 Å². The van der Waals surface area contributed by atoms with E-state index in [2.05, 4.69) is 27.4 Å². The summed E-state index contributed by atoms with van der Waals surface area (Å²) in [5, 5.41) is 2.33. The number of rotatable bonds is 1. The number of nitrogens with zero attached hydrogens (tertiary/aromatic N) is 2. The first-order chi connectivity index (χ1) is 7.79. The van der Waals surface area contributed by atoms with Crippen molar-refractivity contribution in [3.05, 3.63) is 0 Å². The predicted molar refractivity (Wildman–Crippen MR) is 65.0 cm³/mol. The van der Waals surface area contributed by atoms with Gasteiger partial charge in [-0.2, -0.15) is 4.99 Å². The molecule has 0 radical (unpaired) electrons. The van der Waals surface area contributed by atoms with Crippen LogP contribution in [0.1, 0.15) is 32.1 Å². The number of ether oxygens (including phenoxy) is 2. The monoisotopic (exact) mass is 240 g/mol. The normalized spacial score (nSPS) is 29.1. The van der Waals surface area contributed by atoms with Crippen LogP contribution in [0.5, 0.6) is 0 Å². The summed E-state index contributed by atoms with van der Waals surface area (Å²) < 4.78 is 11.8. The zero-order chi connectivity index (χ0) is 11.4. The number of thiocarbonyl (C=S) groups is 1. The number of amidine groups is 1. The lowest BCUT2D eigenvalue weighted by molar-refractivity contribution is -0.181. The second kappa shape index (κ2) is 5.15. The predicted octanol–water partition coefficient (Wildman–Crippen LogP) is 2.19. The Morgan fingerprint density at radius 3 is 2.75 bits per heavy atom. The van der Waals surface area contributed by atoms with Crippen LogP contribution in [0, 0.1) is 0 Å². The van der Waals surface area contributed by atoms with Gasteiger partial charge in [0, 0.05) is 19.9 Å². The molecule has 88 valence electrons. The van der Waals surface area contributed by atoms with E-state index in [0.29, 0.717) is 12.4 Å². The summed E-state index contributed by atoms with van der Waals surface area (Å²) in [7, 11) is 1.68. The molecule has 0 bridgehead atoms. The number of hydrogen-bond donors (Lipinski definition) is 0. The van der Waals surface area contributed by atoms with Crippen molar-refractivity contribution in [2.75, 3.05) is 13.7 Å². The van der Waals surface area contributed by atoms with Gasteiger partial charge >= 0.3 is 0 Å². The fourth-order valence-corrected chi connectivity index (χ4v) is 2.44. The molecule has 1 spiro atoms. The molecule has 2 rings (SSSR count).